The number of nitrogens with zero attached hydrogens (tertiary/aromatic N) is 4. The Morgan fingerprint density at radius 2 is 0.737 bits per heavy atom. The predicted molar refractivity (Wildman–Crippen MR) is 259 cm³/mol. The van der Waals surface area contributed by atoms with Crippen LogP contribution in [0.4, 0.5) is 43.4 Å². The average molecular weight is 1040 g/mol. The summed E-state index contributed by atoms with van der Waals surface area (Å²) in [7, 11) is 1.19. The van der Waals surface area contributed by atoms with E-state index in [2.05, 4.69) is 0 Å². The first-order chi connectivity index (χ1) is 35.4. The van der Waals surface area contributed by atoms with E-state index < -0.39 is 115 Å². The van der Waals surface area contributed by atoms with Gasteiger partial charge in [0.05, 0.1) is 67.1 Å². The van der Waals surface area contributed by atoms with E-state index in [4.69, 9.17) is 0 Å². The first-order valence-electron chi connectivity index (χ1n) is 23.1. The standard InChI is InChI=1S/C56H38F6N4O10/c1-24-16-28(52(75)76)19-33(17-24)64-46(69)35-13-9-30(21-39(35)49(64)72)54(6,56(60,61)62)32-11-15-37-41(23-32)51(74)66(48(37)71)43-26(3)18-25(2)42(27(43)4)65-47(70)36-14-10-31(22-40(36)50(65)73)53(5,55(57,58)59)29-8-12-34-38(20-29)45(68)63(7)44(34)67/h8-23H,1-7H3,(H,75,76). The Kier molecular flexibility index (Phi) is 10.9. The lowest BCUT2D eigenvalue weighted by Crippen LogP contribution is -2.41. The number of carboxylic acid groups (broad SMARTS) is 1. The minimum atomic E-state index is -5.16. The van der Waals surface area contributed by atoms with Crippen LogP contribution in [0.5, 0.6) is 0 Å². The molecular formula is C56H38F6N4O10. The van der Waals surface area contributed by atoms with E-state index in [1.165, 1.54) is 52.9 Å². The van der Waals surface area contributed by atoms with Crippen molar-refractivity contribution in [2.24, 2.45) is 0 Å². The minimum Gasteiger partial charge on any atom is -0.478 e. The summed E-state index contributed by atoms with van der Waals surface area (Å²) in [4.78, 5) is 125. The number of anilines is 3. The number of aromatic carboxylic acids is 1. The first-order valence-corrected chi connectivity index (χ1v) is 23.1. The molecule has 0 aromatic heterocycles. The maximum atomic E-state index is 15.6. The number of hydrogen-bond donors (Lipinski definition) is 1. The second-order valence-corrected chi connectivity index (χ2v) is 19.5. The first kappa shape index (κ1) is 50.5. The number of rotatable bonds is 8. The number of carbonyl (C=O) groups is 9. The van der Waals surface area contributed by atoms with Crippen molar-refractivity contribution in [2.45, 2.75) is 64.7 Å². The van der Waals surface area contributed by atoms with Crippen molar-refractivity contribution in [3.63, 3.8) is 0 Å². The molecule has 8 amide bonds. The van der Waals surface area contributed by atoms with Gasteiger partial charge in [-0.15, -0.1) is 0 Å². The molecule has 4 aliphatic heterocycles. The SMILES string of the molecule is Cc1cc(C(=O)O)cc(N2C(=O)c3ccc(C(C)(c4ccc5c(c4)C(=O)N(c4c(C)cc(C)c(N6C(=O)c7ccc(C(C)(c8ccc9c(c8)C(=O)N(C)C9=O)C(F)(F)F)cc7C6=O)c4C)C5=O)C(F)(F)F)cc3C2=O)c1. The van der Waals surface area contributed by atoms with E-state index in [0.717, 1.165) is 97.6 Å². The molecule has 14 nitrogen and oxygen atoms in total. The highest BCUT2D eigenvalue weighted by atomic mass is 19.4. The zero-order valence-electron chi connectivity index (χ0n) is 40.9. The Labute approximate surface area is 426 Å². The molecule has 10 rings (SSSR count). The highest BCUT2D eigenvalue weighted by Gasteiger charge is 2.57. The fourth-order valence-electron chi connectivity index (χ4n) is 10.8. The number of amides is 8. The summed E-state index contributed by atoms with van der Waals surface area (Å²) in [6.07, 6.45) is -10.2. The van der Waals surface area contributed by atoms with Gasteiger partial charge in [-0.25, -0.2) is 19.5 Å². The van der Waals surface area contributed by atoms with Crippen LogP contribution in [0.2, 0.25) is 0 Å². The number of benzene rings is 6. The topological polar surface area (TPSA) is 187 Å². The van der Waals surface area contributed by atoms with Gasteiger partial charge < -0.3 is 5.11 Å². The van der Waals surface area contributed by atoms with Crippen LogP contribution < -0.4 is 14.7 Å². The van der Waals surface area contributed by atoms with Crippen LogP contribution in [0, 0.1) is 27.7 Å². The fourth-order valence-corrected chi connectivity index (χ4v) is 10.8. The number of alkyl halides is 6. The predicted octanol–water partition coefficient (Wildman–Crippen LogP) is 9.98. The molecule has 0 aliphatic carbocycles. The van der Waals surface area contributed by atoms with Crippen LogP contribution in [0.1, 0.15) is 152 Å². The molecule has 6 aromatic carbocycles. The van der Waals surface area contributed by atoms with E-state index in [9.17, 15) is 48.3 Å². The van der Waals surface area contributed by atoms with E-state index in [1.807, 2.05) is 0 Å². The van der Waals surface area contributed by atoms with E-state index in [1.54, 1.807) is 0 Å². The minimum absolute atomic E-state index is 0.000730. The van der Waals surface area contributed by atoms with Gasteiger partial charge in [-0.1, -0.05) is 30.3 Å². The van der Waals surface area contributed by atoms with Crippen molar-refractivity contribution < 1.29 is 74.6 Å². The third kappa shape index (κ3) is 6.84. The Balaban J connectivity index is 0.994. The second-order valence-electron chi connectivity index (χ2n) is 19.5. The van der Waals surface area contributed by atoms with Gasteiger partial charge in [0.1, 0.15) is 10.8 Å². The number of imide groups is 4. The van der Waals surface area contributed by atoms with E-state index >= 15 is 26.3 Å². The summed E-state index contributed by atoms with van der Waals surface area (Å²) in [5.41, 5.74) is -10.1. The summed E-state index contributed by atoms with van der Waals surface area (Å²) in [6, 6.07) is 17.2. The molecule has 1 N–H and O–H groups in total. The molecule has 20 heteroatoms. The maximum Gasteiger partial charge on any atom is 0.402 e. The van der Waals surface area contributed by atoms with E-state index in [0.29, 0.717) is 20.3 Å². The van der Waals surface area contributed by atoms with Gasteiger partial charge in [-0.3, -0.25) is 43.3 Å². The van der Waals surface area contributed by atoms with Crippen molar-refractivity contribution in [3.05, 3.63) is 192 Å². The highest BCUT2D eigenvalue weighted by Crippen LogP contribution is 2.51. The van der Waals surface area contributed by atoms with Crippen molar-refractivity contribution in [1.29, 1.82) is 0 Å². The number of aryl methyl sites for hydroxylation is 3. The van der Waals surface area contributed by atoms with Crippen LogP contribution in [-0.2, 0) is 10.8 Å². The van der Waals surface area contributed by atoms with Crippen molar-refractivity contribution in [2.75, 3.05) is 21.7 Å². The Hall–Kier alpha value is -9.07. The zero-order valence-corrected chi connectivity index (χ0v) is 40.9. The summed E-state index contributed by atoms with van der Waals surface area (Å²) in [5, 5.41) is 9.59. The molecule has 6 aromatic rings. The molecule has 4 aliphatic rings. The average Bonchev–Trinajstić information content (AvgIpc) is 3.99. The third-order valence-electron chi connectivity index (χ3n) is 15.1. The number of carbonyl (C=O) groups excluding carboxylic acids is 8. The normalized spacial score (nSPS) is 16.9. The lowest BCUT2D eigenvalue weighted by atomic mass is 9.74. The molecule has 0 saturated carbocycles. The van der Waals surface area contributed by atoms with Gasteiger partial charge in [-0.05, 0) is 153 Å². The van der Waals surface area contributed by atoms with Crippen LogP contribution in [0.3, 0.4) is 0 Å². The lowest BCUT2D eigenvalue weighted by Gasteiger charge is -2.33. The molecule has 76 heavy (non-hydrogen) atoms. The van der Waals surface area contributed by atoms with Gasteiger partial charge in [0.25, 0.3) is 47.3 Å². The van der Waals surface area contributed by atoms with Crippen LogP contribution in [0.15, 0.2) is 97.1 Å². The molecular weight excluding hydrogens is 1000 g/mol. The molecule has 0 spiro atoms. The quantitative estimate of drug-likeness (QED) is 0.114. The van der Waals surface area contributed by atoms with Crippen LogP contribution >= 0.6 is 0 Å². The number of hydrogen-bond acceptors (Lipinski definition) is 9. The summed E-state index contributed by atoms with van der Waals surface area (Å²) < 4.78 is 93.0. The number of fused-ring (bicyclic) bond motifs is 4. The van der Waals surface area contributed by atoms with Crippen molar-refractivity contribution >= 4 is 70.3 Å². The fraction of sp³-hybridized carbons (Fsp3) is 0.196. The molecule has 0 fully saturated rings. The monoisotopic (exact) mass is 1040 g/mol. The summed E-state index contributed by atoms with van der Waals surface area (Å²) in [5.74, 6) is -8.86. The maximum absolute atomic E-state index is 15.6. The summed E-state index contributed by atoms with van der Waals surface area (Å²) >= 11 is 0. The van der Waals surface area contributed by atoms with Crippen molar-refractivity contribution in [1.82, 2.24) is 4.90 Å². The molecule has 2 atom stereocenters. The highest BCUT2D eigenvalue weighted by molar-refractivity contribution is 6.38. The Morgan fingerprint density at radius 3 is 1.11 bits per heavy atom. The van der Waals surface area contributed by atoms with Gasteiger partial charge in [-0.2, -0.15) is 26.3 Å². The van der Waals surface area contributed by atoms with Crippen molar-refractivity contribution in [3.8, 4) is 0 Å². The zero-order chi connectivity index (χ0) is 55.4. The second kappa shape index (κ2) is 16.5. The number of halogens is 6. The summed E-state index contributed by atoms with van der Waals surface area (Å²) in [6.45, 7) is 7.56. The molecule has 0 saturated heterocycles. The van der Waals surface area contributed by atoms with Crippen LogP contribution in [-0.4, -0.2) is 82.6 Å². The molecule has 0 radical (unpaired) electrons. The van der Waals surface area contributed by atoms with E-state index in [-0.39, 0.29) is 67.1 Å². The third-order valence-corrected chi connectivity index (χ3v) is 15.1. The Morgan fingerprint density at radius 1 is 0.421 bits per heavy atom. The van der Waals surface area contributed by atoms with Crippen LogP contribution in [0.25, 0.3) is 0 Å². The van der Waals surface area contributed by atoms with Gasteiger partial charge in [0.2, 0.25) is 0 Å². The largest absolute Gasteiger partial charge is 0.478 e. The molecule has 4 heterocycles. The molecule has 0 bridgehead atoms. The van der Waals surface area contributed by atoms with Gasteiger partial charge in [0, 0.05) is 7.05 Å². The molecule has 2 unspecified atom stereocenters. The smallest absolute Gasteiger partial charge is 0.402 e. The Bertz CT molecular complexity index is 3810. The van der Waals surface area contributed by atoms with Gasteiger partial charge in [0.15, 0.2) is 0 Å². The van der Waals surface area contributed by atoms with Gasteiger partial charge >= 0.3 is 18.3 Å². The number of carboxylic acids is 1. The lowest BCUT2D eigenvalue weighted by molar-refractivity contribution is -0.173. The molecule has 384 valence electrons.